The molecule has 0 aliphatic carbocycles. The Kier molecular flexibility index (Phi) is 9.72. The summed E-state index contributed by atoms with van der Waals surface area (Å²) in [4.78, 5) is 31.4. The molecule has 2 aliphatic rings. The summed E-state index contributed by atoms with van der Waals surface area (Å²) in [6.45, 7) is 19.6. The van der Waals surface area contributed by atoms with Gasteiger partial charge in [-0.2, -0.15) is 26.3 Å². The molecule has 236 valence electrons. The molecule has 2 aliphatic heterocycles. The number of rotatable bonds is 4. The third-order valence-electron chi connectivity index (χ3n) is 6.88. The van der Waals surface area contributed by atoms with Crippen LogP contribution in [0, 0.1) is 13.1 Å². The highest BCUT2D eigenvalue weighted by Gasteiger charge is 2.45. The van der Waals surface area contributed by atoms with Gasteiger partial charge in [-0.25, -0.2) is 19.3 Å². The molecule has 44 heavy (non-hydrogen) atoms. The number of carbonyl (C=O) groups is 2. The minimum absolute atomic E-state index is 0.0695. The number of hydrogen-bond donors (Lipinski definition) is 2. The molecule has 0 aromatic heterocycles. The normalized spacial score (nSPS) is 23.1. The monoisotopic (exact) mass is 628 g/mol. The lowest BCUT2D eigenvalue weighted by Crippen LogP contribution is -2.43. The van der Waals surface area contributed by atoms with Crippen LogP contribution in [0.3, 0.4) is 0 Å². The van der Waals surface area contributed by atoms with Crippen LogP contribution in [0.1, 0.15) is 38.8 Å². The summed E-state index contributed by atoms with van der Waals surface area (Å²) in [7, 11) is 0. The molecule has 2 aromatic rings. The molecular formula is C28H26F6N4O6. The van der Waals surface area contributed by atoms with Crippen LogP contribution in [0.4, 0.5) is 58.7 Å². The predicted molar refractivity (Wildman–Crippen MR) is 143 cm³/mol. The zero-order chi connectivity index (χ0) is 33.3. The Morgan fingerprint density at radius 3 is 1.30 bits per heavy atom. The zero-order valence-electron chi connectivity index (χ0n) is 23.5. The lowest BCUT2D eigenvalue weighted by atomic mass is 10.0. The van der Waals surface area contributed by atoms with Crippen molar-refractivity contribution in [1.29, 1.82) is 0 Å². The topological polar surface area (TPSA) is 108 Å². The van der Waals surface area contributed by atoms with Gasteiger partial charge in [0.1, 0.15) is 24.3 Å². The fraction of sp³-hybridized carbons (Fsp3) is 0.429. The summed E-state index contributed by atoms with van der Waals surface area (Å²) in [5.74, 6) is 0. The Hall–Kier alpha value is -4.54. The Labute approximate surface area is 247 Å². The van der Waals surface area contributed by atoms with Gasteiger partial charge in [-0.05, 0) is 52.0 Å². The highest BCUT2D eigenvalue weighted by molar-refractivity contribution is 5.92. The largest absolute Gasteiger partial charge is 0.444 e. The maximum Gasteiger partial charge on any atom is 0.415 e. The highest BCUT2D eigenvalue weighted by atomic mass is 19.4. The van der Waals surface area contributed by atoms with E-state index in [1.54, 1.807) is 13.8 Å². The van der Waals surface area contributed by atoms with Crippen LogP contribution >= 0.6 is 0 Å². The first kappa shape index (κ1) is 34.0. The van der Waals surface area contributed by atoms with Gasteiger partial charge in [-0.3, -0.25) is 9.80 Å². The summed E-state index contributed by atoms with van der Waals surface area (Å²) in [6, 6.07) is 4.32. The molecule has 2 saturated heterocycles. The van der Waals surface area contributed by atoms with Crippen molar-refractivity contribution < 1.29 is 55.6 Å². The molecule has 6 atom stereocenters. The number of ether oxygens (including phenoxy) is 2. The van der Waals surface area contributed by atoms with Crippen molar-refractivity contribution in [3.05, 3.63) is 70.4 Å². The van der Waals surface area contributed by atoms with E-state index in [1.165, 1.54) is 26.0 Å². The van der Waals surface area contributed by atoms with Gasteiger partial charge in [0.25, 0.3) is 0 Å². The summed E-state index contributed by atoms with van der Waals surface area (Å²) < 4.78 is 88.0. The lowest BCUT2D eigenvalue weighted by molar-refractivity contribution is -0.137. The third-order valence-corrected chi connectivity index (χ3v) is 6.88. The number of cyclic esters (lactones) is 2. The van der Waals surface area contributed by atoms with Crippen LogP contribution in [-0.4, -0.2) is 58.9 Å². The maximum absolute atomic E-state index is 13.0. The zero-order valence-corrected chi connectivity index (χ0v) is 23.5. The van der Waals surface area contributed by atoms with Gasteiger partial charge in [-0.15, -0.1) is 0 Å². The molecule has 0 saturated carbocycles. The van der Waals surface area contributed by atoms with E-state index >= 15 is 0 Å². The number of halogens is 6. The molecule has 2 aromatic carbocycles. The maximum atomic E-state index is 13.0. The lowest BCUT2D eigenvalue weighted by Gasteiger charge is -2.26. The Bertz CT molecular complexity index is 1390. The highest BCUT2D eigenvalue weighted by Crippen LogP contribution is 2.42. The molecule has 10 nitrogen and oxygen atoms in total. The van der Waals surface area contributed by atoms with Crippen LogP contribution in [0.2, 0.25) is 0 Å². The Balaban J connectivity index is 0.000000240. The van der Waals surface area contributed by atoms with E-state index in [1.807, 2.05) is 0 Å². The molecule has 2 fully saturated rings. The van der Waals surface area contributed by atoms with Gasteiger partial charge in [-0.1, -0.05) is 12.1 Å². The molecule has 0 bridgehead atoms. The summed E-state index contributed by atoms with van der Waals surface area (Å²) >= 11 is 0. The number of hydrogen-bond acceptors (Lipinski definition) is 6. The average Bonchev–Trinajstić information content (AvgIpc) is 3.40. The van der Waals surface area contributed by atoms with Crippen molar-refractivity contribution in [3.63, 3.8) is 0 Å². The molecule has 0 unspecified atom stereocenters. The minimum Gasteiger partial charge on any atom is -0.444 e. The number of amides is 2. The second kappa shape index (κ2) is 12.6. The van der Waals surface area contributed by atoms with Crippen molar-refractivity contribution >= 4 is 34.9 Å². The van der Waals surface area contributed by atoms with E-state index in [4.69, 9.17) is 22.6 Å². The minimum atomic E-state index is -4.72. The van der Waals surface area contributed by atoms with Crippen molar-refractivity contribution in [3.8, 4) is 0 Å². The molecular weight excluding hydrogens is 602 g/mol. The third kappa shape index (κ3) is 6.82. The molecule has 4 rings (SSSR count). The Morgan fingerprint density at radius 1 is 0.727 bits per heavy atom. The van der Waals surface area contributed by atoms with E-state index in [-0.39, 0.29) is 11.4 Å². The average molecular weight is 629 g/mol. The van der Waals surface area contributed by atoms with Crippen molar-refractivity contribution in [1.82, 2.24) is 0 Å². The molecule has 2 N–H and O–H groups in total. The van der Waals surface area contributed by atoms with Crippen LogP contribution in [0.5, 0.6) is 0 Å². The van der Waals surface area contributed by atoms with Crippen molar-refractivity contribution in [2.24, 2.45) is 0 Å². The first-order chi connectivity index (χ1) is 20.3. The summed E-state index contributed by atoms with van der Waals surface area (Å²) in [6.07, 6.45) is -14.4. The van der Waals surface area contributed by atoms with Gasteiger partial charge in [0, 0.05) is 11.4 Å². The number of nitrogens with zero attached hydrogens (tertiary/aromatic N) is 4. The Morgan fingerprint density at radius 2 is 1.05 bits per heavy atom. The van der Waals surface area contributed by atoms with Crippen molar-refractivity contribution in [2.45, 2.75) is 76.5 Å². The number of anilines is 2. The van der Waals surface area contributed by atoms with Gasteiger partial charge in [0.2, 0.25) is 0 Å². The second-order valence-corrected chi connectivity index (χ2v) is 10.0. The van der Waals surface area contributed by atoms with Crippen LogP contribution < -0.4 is 9.80 Å². The fourth-order valence-corrected chi connectivity index (χ4v) is 5.00. The number of aliphatic hydroxyl groups is 2. The van der Waals surface area contributed by atoms with E-state index < -0.39 is 83.5 Å². The standard InChI is InChI=1S/2C14H13F3N2O3/c2*1-7(20)12-8(2)22-13(21)19(12)9-4-5-11(18-3)10(6-9)14(15,16)17/h2*4-8,12,20H,1-2H3/t7-,8+,12-;7-,8-,12+/m01/s1. The quantitative estimate of drug-likeness (QED) is 0.288. The second-order valence-electron chi connectivity index (χ2n) is 10.0. The fourth-order valence-electron chi connectivity index (χ4n) is 5.00. The SMILES string of the molecule is [C-]#[N+]c1ccc(N2C(=O)O[C@H](C)[C@@H]2[C@@H](C)O)cc1C(F)(F)F.[C-]#[N+]c1ccc(N2C(=O)O[C@H](C)[C@@H]2[C@H](C)O)cc1C(F)(F)F. The molecule has 2 heterocycles. The smallest absolute Gasteiger partial charge is 0.415 e. The predicted octanol–water partition coefficient (Wildman–Crippen LogP) is 6.70. The number of aliphatic hydroxyl groups excluding tert-OH is 2. The van der Waals surface area contributed by atoms with Crippen LogP contribution in [0.25, 0.3) is 9.69 Å². The van der Waals surface area contributed by atoms with Gasteiger partial charge in [0.15, 0.2) is 11.4 Å². The molecule has 2 amide bonds. The van der Waals surface area contributed by atoms with Crippen molar-refractivity contribution in [2.75, 3.05) is 9.80 Å². The first-order valence-electron chi connectivity index (χ1n) is 12.9. The molecule has 16 heteroatoms. The van der Waals surface area contributed by atoms with E-state index in [0.717, 1.165) is 34.1 Å². The van der Waals surface area contributed by atoms with Gasteiger partial charge >= 0.3 is 24.5 Å². The van der Waals surface area contributed by atoms with Crippen LogP contribution in [0.15, 0.2) is 36.4 Å². The van der Waals surface area contributed by atoms with Gasteiger partial charge in [0.05, 0.1) is 36.5 Å². The number of alkyl halides is 6. The van der Waals surface area contributed by atoms with E-state index in [0.29, 0.717) is 0 Å². The van der Waals surface area contributed by atoms with E-state index in [2.05, 4.69) is 9.69 Å². The first-order valence-corrected chi connectivity index (χ1v) is 12.9. The summed E-state index contributed by atoms with van der Waals surface area (Å²) in [5.41, 5.74) is -3.50. The summed E-state index contributed by atoms with van der Waals surface area (Å²) in [5, 5.41) is 19.5. The number of carbonyl (C=O) groups excluding carboxylic acids is 2. The van der Waals surface area contributed by atoms with Crippen LogP contribution in [-0.2, 0) is 21.8 Å². The van der Waals surface area contributed by atoms with E-state index in [9.17, 15) is 46.1 Å². The molecule has 0 spiro atoms. The van der Waals surface area contributed by atoms with Gasteiger partial charge < -0.3 is 19.7 Å². The molecule has 0 radical (unpaired) electrons. The number of benzene rings is 2.